The van der Waals surface area contributed by atoms with E-state index < -0.39 is 12.0 Å². The Hall–Kier alpha value is -1.88. The minimum absolute atomic E-state index is 0.167. The molecule has 0 aliphatic rings. The largest absolute Gasteiger partial charge is 0.480 e. The summed E-state index contributed by atoms with van der Waals surface area (Å²) in [5, 5.41) is 11.4. The Bertz CT molecular complexity index is 419. The van der Waals surface area contributed by atoms with Crippen molar-refractivity contribution < 1.29 is 19.4 Å². The SMILES string of the molecule is CCCC(NC(=O)CCOCc1ccccc1)C(=O)O. The zero-order valence-corrected chi connectivity index (χ0v) is 11.7. The van der Waals surface area contributed by atoms with E-state index in [9.17, 15) is 9.59 Å². The smallest absolute Gasteiger partial charge is 0.326 e. The zero-order valence-electron chi connectivity index (χ0n) is 11.7. The number of carbonyl (C=O) groups is 2. The topological polar surface area (TPSA) is 75.6 Å². The van der Waals surface area contributed by atoms with E-state index in [4.69, 9.17) is 9.84 Å². The molecule has 1 aromatic carbocycles. The summed E-state index contributed by atoms with van der Waals surface area (Å²) < 4.78 is 5.38. The highest BCUT2D eigenvalue weighted by atomic mass is 16.5. The molecule has 0 bridgehead atoms. The average molecular weight is 279 g/mol. The van der Waals surface area contributed by atoms with Crippen molar-refractivity contribution in [2.75, 3.05) is 6.61 Å². The molecule has 1 unspecified atom stereocenters. The van der Waals surface area contributed by atoms with Crippen LogP contribution in [0.15, 0.2) is 30.3 Å². The molecule has 1 amide bonds. The Balaban J connectivity index is 2.21. The number of rotatable bonds is 9. The van der Waals surface area contributed by atoms with Crippen LogP contribution in [-0.4, -0.2) is 29.6 Å². The molecular weight excluding hydrogens is 258 g/mol. The number of hydrogen-bond donors (Lipinski definition) is 2. The highest BCUT2D eigenvalue weighted by Crippen LogP contribution is 2.01. The average Bonchev–Trinajstić information content (AvgIpc) is 2.44. The molecule has 5 heteroatoms. The van der Waals surface area contributed by atoms with E-state index in [0.29, 0.717) is 19.4 Å². The predicted molar refractivity (Wildman–Crippen MR) is 75.2 cm³/mol. The number of carbonyl (C=O) groups excluding carboxylic acids is 1. The molecule has 5 nitrogen and oxygen atoms in total. The number of benzene rings is 1. The number of nitrogens with one attached hydrogen (secondary N) is 1. The normalized spacial score (nSPS) is 11.8. The number of aliphatic carboxylic acids is 1. The van der Waals surface area contributed by atoms with Gasteiger partial charge in [0.25, 0.3) is 0 Å². The Morgan fingerprint density at radius 1 is 1.30 bits per heavy atom. The standard InChI is InChI=1S/C15H21NO4/c1-2-6-13(15(18)19)16-14(17)9-10-20-11-12-7-4-3-5-8-12/h3-5,7-8,13H,2,6,9-11H2,1H3,(H,16,17)(H,18,19). The van der Waals surface area contributed by atoms with E-state index in [0.717, 1.165) is 5.56 Å². The van der Waals surface area contributed by atoms with Crippen molar-refractivity contribution in [1.29, 1.82) is 0 Å². The van der Waals surface area contributed by atoms with Crippen molar-refractivity contribution in [3.05, 3.63) is 35.9 Å². The van der Waals surface area contributed by atoms with E-state index in [2.05, 4.69) is 5.32 Å². The second-order valence-electron chi connectivity index (χ2n) is 4.54. The number of hydrogen-bond acceptors (Lipinski definition) is 3. The molecule has 0 aromatic heterocycles. The first-order valence-electron chi connectivity index (χ1n) is 6.77. The molecule has 1 rings (SSSR count). The fourth-order valence-corrected chi connectivity index (χ4v) is 1.74. The van der Waals surface area contributed by atoms with Crippen LogP contribution in [0.1, 0.15) is 31.7 Å². The van der Waals surface area contributed by atoms with Crippen LogP contribution in [0.4, 0.5) is 0 Å². The molecule has 0 spiro atoms. The second-order valence-corrected chi connectivity index (χ2v) is 4.54. The van der Waals surface area contributed by atoms with Crippen molar-refractivity contribution in [1.82, 2.24) is 5.32 Å². The molecular formula is C15H21NO4. The summed E-state index contributed by atoms with van der Waals surface area (Å²) in [6.07, 6.45) is 1.31. The Morgan fingerprint density at radius 2 is 2.00 bits per heavy atom. The van der Waals surface area contributed by atoms with Crippen molar-refractivity contribution in [2.24, 2.45) is 0 Å². The van der Waals surface area contributed by atoms with Gasteiger partial charge in [-0.25, -0.2) is 4.79 Å². The Morgan fingerprint density at radius 3 is 2.60 bits per heavy atom. The highest BCUT2D eigenvalue weighted by molar-refractivity contribution is 5.83. The lowest BCUT2D eigenvalue weighted by atomic mass is 10.1. The fourth-order valence-electron chi connectivity index (χ4n) is 1.74. The van der Waals surface area contributed by atoms with Gasteiger partial charge in [0.05, 0.1) is 13.2 Å². The summed E-state index contributed by atoms with van der Waals surface area (Å²) in [6.45, 7) is 2.61. The van der Waals surface area contributed by atoms with Crippen LogP contribution in [0.2, 0.25) is 0 Å². The highest BCUT2D eigenvalue weighted by Gasteiger charge is 2.18. The maximum atomic E-state index is 11.6. The van der Waals surface area contributed by atoms with Crippen molar-refractivity contribution in [2.45, 2.75) is 38.8 Å². The first-order valence-corrected chi connectivity index (χ1v) is 6.77. The summed E-state index contributed by atoms with van der Waals surface area (Å²) in [5.41, 5.74) is 1.04. The lowest BCUT2D eigenvalue weighted by molar-refractivity contribution is -0.142. The molecule has 0 fully saturated rings. The number of amides is 1. The van der Waals surface area contributed by atoms with Gasteiger partial charge in [0.15, 0.2) is 0 Å². The quantitative estimate of drug-likeness (QED) is 0.678. The molecule has 0 saturated carbocycles. The Kier molecular flexibility index (Phi) is 7.35. The van der Waals surface area contributed by atoms with Gasteiger partial charge in [0.1, 0.15) is 6.04 Å². The summed E-state index contributed by atoms with van der Waals surface area (Å²) in [5.74, 6) is -1.29. The minimum atomic E-state index is -0.995. The van der Waals surface area contributed by atoms with Crippen LogP contribution in [-0.2, 0) is 20.9 Å². The summed E-state index contributed by atoms with van der Waals surface area (Å²) >= 11 is 0. The molecule has 2 N–H and O–H groups in total. The molecule has 110 valence electrons. The van der Waals surface area contributed by atoms with Gasteiger partial charge < -0.3 is 15.2 Å². The third-order valence-electron chi connectivity index (χ3n) is 2.80. The van der Waals surface area contributed by atoms with Gasteiger partial charge in [-0.15, -0.1) is 0 Å². The molecule has 0 aliphatic carbocycles. The van der Waals surface area contributed by atoms with Crippen molar-refractivity contribution in [3.63, 3.8) is 0 Å². The lowest BCUT2D eigenvalue weighted by Gasteiger charge is -2.13. The first-order chi connectivity index (χ1) is 9.63. The summed E-state index contributed by atoms with van der Waals surface area (Å²) in [6, 6.07) is 8.86. The molecule has 0 saturated heterocycles. The minimum Gasteiger partial charge on any atom is -0.480 e. The Labute approximate surface area is 118 Å². The van der Waals surface area contributed by atoms with E-state index in [1.165, 1.54) is 0 Å². The van der Waals surface area contributed by atoms with Crippen LogP contribution < -0.4 is 5.32 Å². The van der Waals surface area contributed by atoms with Gasteiger partial charge in [-0.2, -0.15) is 0 Å². The lowest BCUT2D eigenvalue weighted by Crippen LogP contribution is -2.40. The van der Waals surface area contributed by atoms with E-state index in [1.807, 2.05) is 37.3 Å². The number of ether oxygens (including phenoxy) is 1. The van der Waals surface area contributed by atoms with Crippen LogP contribution in [0.25, 0.3) is 0 Å². The molecule has 0 aliphatic heterocycles. The number of carboxylic acids is 1. The van der Waals surface area contributed by atoms with Gasteiger partial charge in [-0.3, -0.25) is 4.79 Å². The van der Waals surface area contributed by atoms with E-state index in [-0.39, 0.29) is 18.9 Å². The third-order valence-corrected chi connectivity index (χ3v) is 2.80. The van der Waals surface area contributed by atoms with Crippen LogP contribution >= 0.6 is 0 Å². The molecule has 1 aromatic rings. The molecule has 20 heavy (non-hydrogen) atoms. The van der Waals surface area contributed by atoms with Gasteiger partial charge in [-0.1, -0.05) is 43.7 Å². The monoisotopic (exact) mass is 279 g/mol. The summed E-state index contributed by atoms with van der Waals surface area (Å²) in [7, 11) is 0. The van der Waals surface area contributed by atoms with E-state index >= 15 is 0 Å². The van der Waals surface area contributed by atoms with Crippen LogP contribution in [0.3, 0.4) is 0 Å². The van der Waals surface area contributed by atoms with Crippen LogP contribution in [0.5, 0.6) is 0 Å². The number of carboxylic acid groups (broad SMARTS) is 1. The predicted octanol–water partition coefficient (Wildman–Crippen LogP) is 1.96. The third kappa shape index (κ3) is 6.33. The molecule has 0 heterocycles. The second kappa shape index (κ2) is 9.09. The van der Waals surface area contributed by atoms with Crippen LogP contribution in [0, 0.1) is 0 Å². The molecule has 1 atom stereocenters. The van der Waals surface area contributed by atoms with Gasteiger partial charge >= 0.3 is 5.97 Å². The van der Waals surface area contributed by atoms with Gasteiger partial charge in [-0.05, 0) is 12.0 Å². The van der Waals surface area contributed by atoms with Crippen molar-refractivity contribution in [3.8, 4) is 0 Å². The first kappa shape index (κ1) is 16.2. The van der Waals surface area contributed by atoms with E-state index in [1.54, 1.807) is 0 Å². The van der Waals surface area contributed by atoms with Crippen molar-refractivity contribution >= 4 is 11.9 Å². The zero-order chi connectivity index (χ0) is 14.8. The maximum absolute atomic E-state index is 11.6. The van der Waals surface area contributed by atoms with Gasteiger partial charge in [0.2, 0.25) is 5.91 Å². The summed E-state index contributed by atoms with van der Waals surface area (Å²) in [4.78, 5) is 22.5. The van der Waals surface area contributed by atoms with Gasteiger partial charge in [0, 0.05) is 6.42 Å². The molecule has 0 radical (unpaired) electrons. The fraction of sp³-hybridized carbons (Fsp3) is 0.467. The maximum Gasteiger partial charge on any atom is 0.326 e.